The lowest BCUT2D eigenvalue weighted by Crippen LogP contribution is -2.35. The highest BCUT2D eigenvalue weighted by Gasteiger charge is 2.41. The molecule has 1 N–H and O–H groups in total. The molecule has 2 aromatic carbocycles. The van der Waals surface area contributed by atoms with Gasteiger partial charge in [-0.25, -0.2) is 4.90 Å². The molecule has 1 fully saturated rings. The van der Waals surface area contributed by atoms with E-state index in [2.05, 4.69) is 5.32 Å². The molecule has 1 aliphatic heterocycles. The van der Waals surface area contributed by atoms with Gasteiger partial charge in [0.05, 0.1) is 11.7 Å². The predicted octanol–water partition coefficient (Wildman–Crippen LogP) is 2.00. The van der Waals surface area contributed by atoms with Crippen LogP contribution in [-0.4, -0.2) is 22.5 Å². The maximum absolute atomic E-state index is 12.6. The molecule has 2 amide bonds. The topological polar surface area (TPSA) is 89.5 Å². The monoisotopic (exact) mass is 341 g/mol. The van der Waals surface area contributed by atoms with Gasteiger partial charge in [0, 0.05) is 11.3 Å². The fourth-order valence-electron chi connectivity index (χ4n) is 2.47. The summed E-state index contributed by atoms with van der Waals surface area (Å²) in [7, 11) is 0. The average molecular weight is 341 g/mol. The number of aromatic carboxylic acids is 1. The second-order valence-electron chi connectivity index (χ2n) is 5.20. The van der Waals surface area contributed by atoms with Crippen LogP contribution in [0.5, 0.6) is 0 Å². The van der Waals surface area contributed by atoms with Gasteiger partial charge in [-0.15, -0.1) is 0 Å². The molecule has 1 aliphatic rings. The number of carbonyl (C=O) groups is 3. The number of nitrogens with zero attached hydrogens (tertiary/aromatic N) is 1. The van der Waals surface area contributed by atoms with Gasteiger partial charge in [0.15, 0.2) is 5.37 Å². The summed E-state index contributed by atoms with van der Waals surface area (Å²) in [4.78, 5) is 37.1. The third-order valence-electron chi connectivity index (χ3n) is 3.63. The van der Waals surface area contributed by atoms with Crippen LogP contribution < -0.4 is 15.3 Å². The fourth-order valence-corrected chi connectivity index (χ4v) is 3.36. The van der Waals surface area contributed by atoms with Crippen LogP contribution in [0.15, 0.2) is 48.5 Å². The van der Waals surface area contributed by atoms with Gasteiger partial charge >= 0.3 is 0 Å². The Balaban J connectivity index is 1.90. The van der Waals surface area contributed by atoms with Gasteiger partial charge in [-0.2, -0.15) is 0 Å². The summed E-state index contributed by atoms with van der Waals surface area (Å²) in [5, 5.41) is 12.8. The number of rotatable bonds is 4. The number of para-hydroxylation sites is 2. The first kappa shape index (κ1) is 16.1. The van der Waals surface area contributed by atoms with E-state index >= 15 is 0 Å². The number of hydrogen-bond donors (Lipinski definition) is 1. The summed E-state index contributed by atoms with van der Waals surface area (Å²) in [6.45, 7) is 1.72. The van der Waals surface area contributed by atoms with Gasteiger partial charge in [-0.05, 0) is 36.4 Å². The summed E-state index contributed by atoms with van der Waals surface area (Å²) in [5.74, 6) is -1.79. The molecule has 0 aromatic heterocycles. The van der Waals surface area contributed by atoms with Gasteiger partial charge in [0.25, 0.3) is 11.1 Å². The molecule has 0 bridgehead atoms. The van der Waals surface area contributed by atoms with Gasteiger partial charge in [-0.1, -0.05) is 36.4 Å². The zero-order valence-electron chi connectivity index (χ0n) is 12.7. The van der Waals surface area contributed by atoms with E-state index in [0.717, 1.165) is 16.7 Å². The zero-order valence-corrected chi connectivity index (χ0v) is 13.5. The van der Waals surface area contributed by atoms with Crippen molar-refractivity contribution in [2.75, 3.05) is 10.2 Å². The number of carboxylic acids is 1. The Kier molecular flexibility index (Phi) is 4.26. The SMILES string of the molecule is Cc1cccc(C(=O)[O-])c1N[C@H]1SC(=O)N(c2ccccc2)C1=O. The lowest BCUT2D eigenvalue weighted by atomic mass is 10.1. The van der Waals surface area contributed by atoms with Gasteiger partial charge in [-0.3, -0.25) is 9.59 Å². The number of carboxylic acid groups (broad SMARTS) is 1. The summed E-state index contributed by atoms with van der Waals surface area (Å²) < 4.78 is 0. The highest BCUT2D eigenvalue weighted by molar-refractivity contribution is 8.16. The van der Waals surface area contributed by atoms with E-state index in [4.69, 9.17) is 0 Å². The van der Waals surface area contributed by atoms with Crippen molar-refractivity contribution in [3.63, 3.8) is 0 Å². The van der Waals surface area contributed by atoms with Crippen molar-refractivity contribution in [1.82, 2.24) is 0 Å². The minimum absolute atomic E-state index is 0.0472. The number of carbonyl (C=O) groups excluding carboxylic acids is 3. The van der Waals surface area contributed by atoms with Crippen LogP contribution in [0.4, 0.5) is 16.2 Å². The molecule has 2 aromatic rings. The smallest absolute Gasteiger partial charge is 0.295 e. The summed E-state index contributed by atoms with van der Waals surface area (Å²) in [6, 6.07) is 13.3. The second kappa shape index (κ2) is 6.37. The van der Waals surface area contributed by atoms with E-state index in [0.29, 0.717) is 11.3 Å². The lowest BCUT2D eigenvalue weighted by Gasteiger charge is -2.19. The van der Waals surface area contributed by atoms with Gasteiger partial charge in [0.1, 0.15) is 0 Å². The molecule has 0 radical (unpaired) electrons. The Morgan fingerprint density at radius 1 is 1.12 bits per heavy atom. The van der Waals surface area contributed by atoms with Crippen molar-refractivity contribution in [2.24, 2.45) is 0 Å². The number of hydrogen-bond acceptors (Lipinski definition) is 6. The van der Waals surface area contributed by atoms with E-state index in [1.807, 2.05) is 0 Å². The number of aryl methyl sites for hydroxylation is 1. The Labute approximate surface area is 142 Å². The number of nitrogens with one attached hydrogen (secondary N) is 1. The predicted molar refractivity (Wildman–Crippen MR) is 89.8 cm³/mol. The van der Waals surface area contributed by atoms with Crippen molar-refractivity contribution in [3.8, 4) is 0 Å². The Bertz CT molecular complexity index is 823. The molecule has 6 nitrogen and oxygen atoms in total. The molecule has 1 heterocycles. The third kappa shape index (κ3) is 2.85. The van der Waals surface area contributed by atoms with Crippen LogP contribution in [0.3, 0.4) is 0 Å². The second-order valence-corrected chi connectivity index (χ2v) is 6.26. The normalized spacial score (nSPS) is 17.2. The fraction of sp³-hybridized carbons (Fsp3) is 0.118. The standard InChI is InChI=1S/C17H14N2O4S/c1-10-6-5-9-12(16(21)22)13(10)18-14-15(20)19(17(23)24-14)11-7-3-2-4-8-11/h2-9,14,18H,1H3,(H,21,22)/p-1/t14-/m0/s1. The molecule has 0 saturated carbocycles. The van der Waals surface area contributed by atoms with Crippen molar-refractivity contribution < 1.29 is 19.5 Å². The Morgan fingerprint density at radius 2 is 1.83 bits per heavy atom. The molecular formula is C17H13N2O4S-. The van der Waals surface area contributed by atoms with Gasteiger partial charge in [0.2, 0.25) is 0 Å². The number of imide groups is 1. The van der Waals surface area contributed by atoms with E-state index in [1.54, 1.807) is 49.4 Å². The molecule has 0 unspecified atom stereocenters. The maximum Gasteiger partial charge on any atom is 0.295 e. The number of thioether (sulfide) groups is 1. The van der Waals surface area contributed by atoms with E-state index in [1.165, 1.54) is 6.07 Å². The molecule has 24 heavy (non-hydrogen) atoms. The van der Waals surface area contributed by atoms with E-state index < -0.39 is 22.5 Å². The molecular weight excluding hydrogens is 328 g/mol. The molecule has 1 saturated heterocycles. The van der Waals surface area contributed by atoms with Crippen LogP contribution in [-0.2, 0) is 4.79 Å². The van der Waals surface area contributed by atoms with Crippen LogP contribution in [0.1, 0.15) is 15.9 Å². The largest absolute Gasteiger partial charge is 0.545 e. The van der Waals surface area contributed by atoms with Crippen LogP contribution >= 0.6 is 11.8 Å². The average Bonchev–Trinajstić information content (AvgIpc) is 2.84. The van der Waals surface area contributed by atoms with Crippen LogP contribution in [0, 0.1) is 6.92 Å². The summed E-state index contributed by atoms with van der Waals surface area (Å²) >= 11 is 0.814. The van der Waals surface area contributed by atoms with Gasteiger partial charge < -0.3 is 15.2 Å². The molecule has 1 atom stereocenters. The minimum atomic E-state index is -1.34. The zero-order chi connectivity index (χ0) is 17.3. The Morgan fingerprint density at radius 3 is 2.50 bits per heavy atom. The first-order valence-corrected chi connectivity index (χ1v) is 8.04. The van der Waals surface area contributed by atoms with Crippen LogP contribution in [0.25, 0.3) is 0 Å². The highest BCUT2D eigenvalue weighted by atomic mass is 32.2. The lowest BCUT2D eigenvalue weighted by molar-refractivity contribution is -0.254. The van der Waals surface area contributed by atoms with Crippen molar-refractivity contribution in [3.05, 3.63) is 59.7 Å². The quantitative estimate of drug-likeness (QED) is 0.915. The molecule has 0 spiro atoms. The highest BCUT2D eigenvalue weighted by Crippen LogP contribution is 2.33. The maximum atomic E-state index is 12.6. The Hall–Kier alpha value is -2.80. The molecule has 122 valence electrons. The minimum Gasteiger partial charge on any atom is -0.545 e. The molecule has 0 aliphatic carbocycles. The first-order chi connectivity index (χ1) is 11.5. The summed E-state index contributed by atoms with van der Waals surface area (Å²) in [6.07, 6.45) is 0. The number of anilines is 2. The number of amides is 2. The van der Waals surface area contributed by atoms with E-state index in [-0.39, 0.29) is 11.3 Å². The van der Waals surface area contributed by atoms with Crippen molar-refractivity contribution >= 4 is 40.3 Å². The number of benzene rings is 2. The third-order valence-corrected chi connectivity index (χ3v) is 4.57. The van der Waals surface area contributed by atoms with Crippen LogP contribution in [0.2, 0.25) is 0 Å². The van der Waals surface area contributed by atoms with Crippen molar-refractivity contribution in [2.45, 2.75) is 12.3 Å². The molecule has 3 rings (SSSR count). The first-order valence-electron chi connectivity index (χ1n) is 7.16. The summed E-state index contributed by atoms with van der Waals surface area (Å²) in [5.41, 5.74) is 1.37. The van der Waals surface area contributed by atoms with E-state index in [9.17, 15) is 19.5 Å². The van der Waals surface area contributed by atoms with Crippen molar-refractivity contribution in [1.29, 1.82) is 0 Å². The molecule has 7 heteroatoms.